The summed E-state index contributed by atoms with van der Waals surface area (Å²) in [6.45, 7) is 6.08. The molecule has 2 rings (SSSR count). The van der Waals surface area contributed by atoms with E-state index < -0.39 is 0 Å². The normalized spacial score (nSPS) is 11.6. The molecular weight excluding hydrogens is 312 g/mol. The zero-order valence-electron chi connectivity index (χ0n) is 15.1. The topological polar surface area (TPSA) is 58.2 Å². The van der Waals surface area contributed by atoms with Crippen LogP contribution in [-0.2, 0) is 9.59 Å². The Bertz CT molecular complexity index is 740. The molecular formula is C21H26N2O2. The first kappa shape index (κ1) is 18.7. The number of hydrogen-bond donors (Lipinski definition) is 2. The molecule has 0 spiro atoms. The van der Waals surface area contributed by atoms with Crippen LogP contribution >= 0.6 is 0 Å². The van der Waals surface area contributed by atoms with Crippen molar-refractivity contribution in [1.29, 1.82) is 0 Å². The van der Waals surface area contributed by atoms with Gasteiger partial charge in [-0.3, -0.25) is 9.59 Å². The number of amides is 2. The monoisotopic (exact) mass is 338 g/mol. The number of nitrogens with one attached hydrogen (secondary N) is 2. The maximum atomic E-state index is 12.3. The van der Waals surface area contributed by atoms with Crippen LogP contribution in [0.3, 0.4) is 0 Å². The van der Waals surface area contributed by atoms with Gasteiger partial charge in [-0.2, -0.15) is 0 Å². The molecule has 2 N–H and O–H groups in total. The molecule has 1 unspecified atom stereocenters. The first-order chi connectivity index (χ1) is 12.0. The lowest BCUT2D eigenvalue weighted by Crippen LogP contribution is -2.15. The maximum absolute atomic E-state index is 12.3. The Labute approximate surface area is 149 Å². The number of carbonyl (C=O) groups excluding carboxylic acids is 2. The van der Waals surface area contributed by atoms with Crippen LogP contribution in [0.1, 0.15) is 50.2 Å². The van der Waals surface area contributed by atoms with Crippen LogP contribution in [0.5, 0.6) is 0 Å². The van der Waals surface area contributed by atoms with Gasteiger partial charge >= 0.3 is 0 Å². The molecule has 0 radical (unpaired) electrons. The molecule has 0 aromatic heterocycles. The van der Waals surface area contributed by atoms with Gasteiger partial charge in [-0.1, -0.05) is 44.2 Å². The van der Waals surface area contributed by atoms with Crippen molar-refractivity contribution in [2.24, 2.45) is 0 Å². The van der Waals surface area contributed by atoms with Crippen molar-refractivity contribution in [2.75, 3.05) is 10.6 Å². The third kappa shape index (κ3) is 5.75. The predicted molar refractivity (Wildman–Crippen MR) is 103 cm³/mol. The van der Waals surface area contributed by atoms with Gasteiger partial charge in [-0.15, -0.1) is 0 Å². The maximum Gasteiger partial charge on any atom is 0.224 e. The molecule has 25 heavy (non-hydrogen) atoms. The Hall–Kier alpha value is -2.62. The van der Waals surface area contributed by atoms with Gasteiger partial charge in [0.15, 0.2) is 0 Å². The summed E-state index contributed by atoms with van der Waals surface area (Å²) in [6, 6.07) is 15.4. The minimum atomic E-state index is -0.0345. The summed E-state index contributed by atoms with van der Waals surface area (Å²) in [5.41, 5.74) is 3.78. The van der Waals surface area contributed by atoms with Gasteiger partial charge in [0, 0.05) is 24.2 Å². The summed E-state index contributed by atoms with van der Waals surface area (Å²) < 4.78 is 0. The number of anilines is 2. The van der Waals surface area contributed by atoms with Crippen LogP contribution in [0.15, 0.2) is 48.5 Å². The fraction of sp³-hybridized carbons (Fsp3) is 0.333. The highest BCUT2D eigenvalue weighted by Gasteiger charge is 2.13. The first-order valence-corrected chi connectivity index (χ1v) is 8.75. The van der Waals surface area contributed by atoms with Crippen LogP contribution in [0.2, 0.25) is 0 Å². The van der Waals surface area contributed by atoms with Gasteiger partial charge in [0.25, 0.3) is 0 Å². The fourth-order valence-corrected chi connectivity index (χ4v) is 2.87. The zero-order chi connectivity index (χ0) is 18.2. The second-order valence-corrected chi connectivity index (χ2v) is 6.39. The van der Waals surface area contributed by atoms with Crippen LogP contribution in [0.25, 0.3) is 0 Å². The van der Waals surface area contributed by atoms with Crippen molar-refractivity contribution >= 4 is 23.2 Å². The minimum absolute atomic E-state index is 0.0147. The number of benzene rings is 2. The van der Waals surface area contributed by atoms with E-state index in [1.54, 1.807) is 6.07 Å². The molecule has 0 saturated carbocycles. The molecule has 2 aromatic rings. The second kappa shape index (κ2) is 9.02. The summed E-state index contributed by atoms with van der Waals surface area (Å²) in [5.74, 6) is 0.0978. The molecule has 1 atom stereocenters. The van der Waals surface area contributed by atoms with Crippen LogP contribution in [-0.4, -0.2) is 11.8 Å². The van der Waals surface area contributed by atoms with Crippen LogP contribution in [0, 0.1) is 6.92 Å². The lowest BCUT2D eigenvalue weighted by Gasteiger charge is -2.15. The Morgan fingerprint density at radius 3 is 2.24 bits per heavy atom. The Kier molecular flexibility index (Phi) is 6.75. The molecule has 0 aliphatic heterocycles. The van der Waals surface area contributed by atoms with Gasteiger partial charge in [-0.25, -0.2) is 0 Å². The van der Waals surface area contributed by atoms with Crippen LogP contribution in [0.4, 0.5) is 11.4 Å². The minimum Gasteiger partial charge on any atom is -0.326 e. The van der Waals surface area contributed by atoms with Crippen molar-refractivity contribution < 1.29 is 9.59 Å². The molecule has 0 fully saturated rings. The van der Waals surface area contributed by atoms with E-state index in [4.69, 9.17) is 0 Å². The summed E-state index contributed by atoms with van der Waals surface area (Å²) in [5, 5.41) is 5.76. The summed E-state index contributed by atoms with van der Waals surface area (Å²) in [4.78, 5) is 24.0. The average Bonchev–Trinajstić information content (AvgIpc) is 2.55. The highest BCUT2D eigenvalue weighted by atomic mass is 16.2. The molecule has 4 nitrogen and oxygen atoms in total. The highest BCUT2D eigenvalue weighted by molar-refractivity contribution is 5.94. The van der Waals surface area contributed by atoms with Crippen molar-refractivity contribution in [3.8, 4) is 0 Å². The Balaban J connectivity index is 1.96. The Morgan fingerprint density at radius 2 is 1.60 bits per heavy atom. The van der Waals surface area contributed by atoms with Crippen molar-refractivity contribution in [2.45, 2.75) is 46.0 Å². The van der Waals surface area contributed by atoms with E-state index in [0.717, 1.165) is 6.42 Å². The van der Waals surface area contributed by atoms with E-state index >= 15 is 0 Å². The van der Waals surface area contributed by atoms with E-state index in [9.17, 15) is 9.59 Å². The quantitative estimate of drug-likeness (QED) is 0.757. The first-order valence-electron chi connectivity index (χ1n) is 8.75. The average molecular weight is 338 g/mol. The van der Waals surface area contributed by atoms with Gasteiger partial charge in [-0.05, 0) is 48.6 Å². The van der Waals surface area contributed by atoms with Gasteiger partial charge in [0.05, 0.1) is 0 Å². The highest BCUT2D eigenvalue weighted by Crippen LogP contribution is 2.23. The van der Waals surface area contributed by atoms with Gasteiger partial charge in [0.1, 0.15) is 0 Å². The van der Waals surface area contributed by atoms with Crippen molar-refractivity contribution in [3.05, 3.63) is 59.7 Å². The largest absolute Gasteiger partial charge is 0.326 e. The SMILES string of the molecule is CCCC(=O)Nc1cccc(NC(=O)CC(C)c2ccccc2C)c1. The fourth-order valence-electron chi connectivity index (χ4n) is 2.87. The lowest BCUT2D eigenvalue weighted by atomic mass is 9.93. The van der Waals surface area contributed by atoms with E-state index in [2.05, 4.69) is 36.6 Å². The van der Waals surface area contributed by atoms with Crippen molar-refractivity contribution in [3.63, 3.8) is 0 Å². The second-order valence-electron chi connectivity index (χ2n) is 6.39. The van der Waals surface area contributed by atoms with Crippen LogP contribution < -0.4 is 10.6 Å². The zero-order valence-corrected chi connectivity index (χ0v) is 15.1. The molecule has 0 aliphatic carbocycles. The third-order valence-corrected chi connectivity index (χ3v) is 4.12. The molecule has 0 aliphatic rings. The lowest BCUT2D eigenvalue weighted by molar-refractivity contribution is -0.117. The smallest absolute Gasteiger partial charge is 0.224 e. The molecule has 4 heteroatoms. The molecule has 0 saturated heterocycles. The number of rotatable bonds is 7. The summed E-state index contributed by atoms with van der Waals surface area (Å²) in [7, 11) is 0. The van der Waals surface area contributed by atoms with Gasteiger partial charge < -0.3 is 10.6 Å². The van der Waals surface area contributed by atoms with Crippen molar-refractivity contribution in [1.82, 2.24) is 0 Å². The third-order valence-electron chi connectivity index (χ3n) is 4.12. The summed E-state index contributed by atoms with van der Waals surface area (Å²) in [6.07, 6.45) is 1.71. The van der Waals surface area contributed by atoms with E-state index in [0.29, 0.717) is 24.2 Å². The number of hydrogen-bond acceptors (Lipinski definition) is 2. The van der Waals surface area contributed by atoms with E-state index in [1.165, 1.54) is 11.1 Å². The standard InChI is InChI=1S/C21H26N2O2/c1-4-8-20(24)22-17-10-7-11-18(14-17)23-21(25)13-16(3)19-12-6-5-9-15(19)2/h5-7,9-12,14,16H,4,8,13H2,1-3H3,(H,22,24)(H,23,25). The predicted octanol–water partition coefficient (Wildman–Crippen LogP) is 4.87. The number of aryl methyl sites for hydroxylation is 1. The summed E-state index contributed by atoms with van der Waals surface area (Å²) >= 11 is 0. The molecule has 0 bridgehead atoms. The number of carbonyl (C=O) groups is 2. The van der Waals surface area contributed by atoms with Gasteiger partial charge in [0.2, 0.25) is 11.8 Å². The molecule has 2 aromatic carbocycles. The van der Waals surface area contributed by atoms with E-state index in [1.807, 2.05) is 37.3 Å². The van der Waals surface area contributed by atoms with E-state index in [-0.39, 0.29) is 17.7 Å². The Morgan fingerprint density at radius 1 is 0.960 bits per heavy atom. The molecule has 0 heterocycles. The molecule has 132 valence electrons. The molecule has 2 amide bonds.